The molecule has 2 rings (SSSR count). The third-order valence-electron chi connectivity index (χ3n) is 5.14. The number of hydrogen-bond donors (Lipinski definition) is 1. The minimum Gasteiger partial charge on any atom is -0.381 e. The van der Waals surface area contributed by atoms with Crippen LogP contribution in [0.4, 0.5) is 0 Å². The molecule has 3 heteroatoms. The Balaban J connectivity index is 1.92. The number of nitrogens with one attached hydrogen (secondary N) is 1. The third-order valence-corrected chi connectivity index (χ3v) is 5.14. The number of ether oxygens (including phenoxy) is 1. The van der Waals surface area contributed by atoms with Crippen LogP contribution in [0.15, 0.2) is 0 Å². The van der Waals surface area contributed by atoms with Crippen molar-refractivity contribution in [2.75, 3.05) is 45.9 Å². The van der Waals surface area contributed by atoms with Gasteiger partial charge in [-0.1, -0.05) is 27.7 Å². The van der Waals surface area contributed by atoms with Crippen LogP contribution in [0, 0.1) is 16.7 Å². The molecular weight excluding hydrogens is 260 g/mol. The number of rotatable bonds is 6. The molecule has 2 aliphatic heterocycles. The number of likely N-dealkylation sites (tertiary alicyclic amines) is 1. The van der Waals surface area contributed by atoms with Crippen molar-refractivity contribution in [3.8, 4) is 0 Å². The molecule has 0 spiro atoms. The maximum absolute atomic E-state index is 5.64. The van der Waals surface area contributed by atoms with E-state index in [-0.39, 0.29) is 0 Å². The first-order valence-corrected chi connectivity index (χ1v) is 8.92. The Morgan fingerprint density at radius 2 is 1.86 bits per heavy atom. The lowest BCUT2D eigenvalue weighted by atomic mass is 9.77. The zero-order valence-corrected chi connectivity index (χ0v) is 14.7. The predicted octanol–water partition coefficient (Wildman–Crippen LogP) is 3.15. The van der Waals surface area contributed by atoms with Crippen LogP contribution >= 0.6 is 0 Å². The minimum absolute atomic E-state index is 0.431. The van der Waals surface area contributed by atoms with Gasteiger partial charge >= 0.3 is 0 Å². The predicted molar refractivity (Wildman–Crippen MR) is 89.6 cm³/mol. The molecule has 0 bridgehead atoms. The summed E-state index contributed by atoms with van der Waals surface area (Å²) in [7, 11) is 0. The molecule has 0 aromatic heterocycles. The maximum atomic E-state index is 5.64. The van der Waals surface area contributed by atoms with Crippen LogP contribution in [0.5, 0.6) is 0 Å². The molecule has 0 unspecified atom stereocenters. The fourth-order valence-corrected chi connectivity index (χ4v) is 3.98. The second kappa shape index (κ2) is 7.43. The van der Waals surface area contributed by atoms with Crippen molar-refractivity contribution in [1.82, 2.24) is 10.2 Å². The van der Waals surface area contributed by atoms with Gasteiger partial charge in [0.05, 0.1) is 0 Å². The monoisotopic (exact) mass is 296 g/mol. The van der Waals surface area contributed by atoms with Crippen molar-refractivity contribution in [1.29, 1.82) is 0 Å². The lowest BCUT2D eigenvalue weighted by molar-refractivity contribution is -0.0172. The number of hydrogen-bond acceptors (Lipinski definition) is 3. The summed E-state index contributed by atoms with van der Waals surface area (Å²) < 4.78 is 5.64. The first-order chi connectivity index (χ1) is 9.91. The largest absolute Gasteiger partial charge is 0.381 e. The highest BCUT2D eigenvalue weighted by Crippen LogP contribution is 2.35. The average Bonchev–Trinajstić information content (AvgIpc) is 2.38. The van der Waals surface area contributed by atoms with Gasteiger partial charge in [0.1, 0.15) is 0 Å². The molecule has 124 valence electrons. The van der Waals surface area contributed by atoms with E-state index in [2.05, 4.69) is 37.9 Å². The number of piperidine rings is 1. The lowest BCUT2D eigenvalue weighted by Gasteiger charge is -2.45. The Labute approximate surface area is 131 Å². The Bertz CT molecular complexity index is 308. The van der Waals surface area contributed by atoms with Crippen molar-refractivity contribution in [3.05, 3.63) is 0 Å². The van der Waals surface area contributed by atoms with Gasteiger partial charge in [-0.2, -0.15) is 0 Å². The third kappa shape index (κ3) is 5.54. The van der Waals surface area contributed by atoms with Crippen molar-refractivity contribution >= 4 is 0 Å². The van der Waals surface area contributed by atoms with E-state index in [9.17, 15) is 0 Å². The van der Waals surface area contributed by atoms with E-state index in [0.717, 1.165) is 32.2 Å². The van der Waals surface area contributed by atoms with E-state index in [1.807, 2.05) is 0 Å². The van der Waals surface area contributed by atoms with Crippen LogP contribution in [-0.4, -0.2) is 50.8 Å². The van der Waals surface area contributed by atoms with Gasteiger partial charge in [0.25, 0.3) is 0 Å². The van der Waals surface area contributed by atoms with Crippen LogP contribution in [0.2, 0.25) is 0 Å². The van der Waals surface area contributed by atoms with Gasteiger partial charge in [-0.3, -0.25) is 0 Å². The molecule has 2 saturated heterocycles. The standard InChI is InChI=1S/C18H36N2O/c1-16(2)12-19-13-18(7-10-21-11-8-18)15-20-9-5-6-17(3,4)14-20/h16,19H,5-15H2,1-4H3. The first kappa shape index (κ1) is 17.2. The second-order valence-electron chi connectivity index (χ2n) is 8.62. The van der Waals surface area contributed by atoms with Crippen molar-refractivity contribution in [2.45, 2.75) is 53.4 Å². The molecule has 0 aromatic rings. The minimum atomic E-state index is 0.431. The van der Waals surface area contributed by atoms with Gasteiger partial charge in [-0.05, 0) is 55.5 Å². The molecule has 1 N–H and O–H groups in total. The van der Waals surface area contributed by atoms with E-state index in [1.54, 1.807) is 0 Å². The SMILES string of the molecule is CC(C)CNCC1(CN2CCCC(C)(C)C2)CCOCC1. The molecule has 21 heavy (non-hydrogen) atoms. The van der Waals surface area contributed by atoms with Crippen molar-refractivity contribution in [2.24, 2.45) is 16.7 Å². The fraction of sp³-hybridized carbons (Fsp3) is 1.00. The van der Waals surface area contributed by atoms with Crippen LogP contribution in [0.25, 0.3) is 0 Å². The molecule has 3 nitrogen and oxygen atoms in total. The van der Waals surface area contributed by atoms with Crippen LogP contribution in [-0.2, 0) is 4.74 Å². The molecular formula is C18H36N2O. The summed E-state index contributed by atoms with van der Waals surface area (Å²) in [5.74, 6) is 0.732. The molecule has 2 heterocycles. The average molecular weight is 296 g/mol. The van der Waals surface area contributed by atoms with Gasteiger partial charge < -0.3 is 15.0 Å². The van der Waals surface area contributed by atoms with Gasteiger partial charge in [0.15, 0.2) is 0 Å². The Kier molecular flexibility index (Phi) is 6.10. The highest BCUT2D eigenvalue weighted by atomic mass is 16.5. The van der Waals surface area contributed by atoms with Gasteiger partial charge in [-0.15, -0.1) is 0 Å². The Hall–Kier alpha value is -0.120. The number of nitrogens with zero attached hydrogens (tertiary/aromatic N) is 1. The van der Waals surface area contributed by atoms with E-state index >= 15 is 0 Å². The molecule has 0 amide bonds. The fourth-order valence-electron chi connectivity index (χ4n) is 3.98. The van der Waals surface area contributed by atoms with E-state index in [4.69, 9.17) is 4.74 Å². The Morgan fingerprint density at radius 3 is 2.48 bits per heavy atom. The molecule has 0 aliphatic carbocycles. The first-order valence-electron chi connectivity index (χ1n) is 8.92. The lowest BCUT2D eigenvalue weighted by Crippen LogP contribution is -2.51. The van der Waals surface area contributed by atoms with Gasteiger partial charge in [0, 0.05) is 32.8 Å². The smallest absolute Gasteiger partial charge is 0.0472 e. The molecule has 0 aromatic carbocycles. The van der Waals surface area contributed by atoms with E-state index in [1.165, 1.54) is 45.3 Å². The van der Waals surface area contributed by atoms with Gasteiger partial charge in [0.2, 0.25) is 0 Å². The van der Waals surface area contributed by atoms with Crippen molar-refractivity contribution < 1.29 is 4.74 Å². The topological polar surface area (TPSA) is 24.5 Å². The van der Waals surface area contributed by atoms with Crippen molar-refractivity contribution in [3.63, 3.8) is 0 Å². The second-order valence-corrected chi connectivity index (χ2v) is 8.62. The highest BCUT2D eigenvalue weighted by Gasteiger charge is 2.36. The molecule has 0 atom stereocenters. The molecule has 0 radical (unpaired) electrons. The quantitative estimate of drug-likeness (QED) is 0.815. The molecule has 2 aliphatic rings. The summed E-state index contributed by atoms with van der Waals surface area (Å²) in [5.41, 5.74) is 0.927. The highest BCUT2D eigenvalue weighted by molar-refractivity contribution is 4.90. The van der Waals surface area contributed by atoms with E-state index in [0.29, 0.717) is 10.8 Å². The van der Waals surface area contributed by atoms with Crippen LogP contribution < -0.4 is 5.32 Å². The molecule has 0 saturated carbocycles. The summed E-state index contributed by atoms with van der Waals surface area (Å²) >= 11 is 0. The zero-order valence-electron chi connectivity index (χ0n) is 14.7. The van der Waals surface area contributed by atoms with Crippen LogP contribution in [0.1, 0.15) is 53.4 Å². The summed E-state index contributed by atoms with van der Waals surface area (Å²) in [6.45, 7) is 17.4. The normalized spacial score (nSPS) is 26.1. The summed E-state index contributed by atoms with van der Waals surface area (Å²) in [6, 6.07) is 0. The maximum Gasteiger partial charge on any atom is 0.0472 e. The molecule has 2 fully saturated rings. The summed E-state index contributed by atoms with van der Waals surface area (Å²) in [6.07, 6.45) is 5.17. The van der Waals surface area contributed by atoms with Gasteiger partial charge in [-0.25, -0.2) is 0 Å². The van der Waals surface area contributed by atoms with E-state index < -0.39 is 0 Å². The Morgan fingerprint density at radius 1 is 1.14 bits per heavy atom. The summed E-state index contributed by atoms with van der Waals surface area (Å²) in [5, 5.41) is 3.72. The summed E-state index contributed by atoms with van der Waals surface area (Å²) in [4.78, 5) is 2.73. The van der Waals surface area contributed by atoms with Crippen LogP contribution in [0.3, 0.4) is 0 Å². The zero-order chi connectivity index (χ0) is 15.3.